The van der Waals surface area contributed by atoms with Crippen LogP contribution in [0.3, 0.4) is 0 Å². The fourth-order valence-electron chi connectivity index (χ4n) is 6.64. The fraction of sp³-hybridized carbons (Fsp3) is 0.880. The molecule has 3 rings (SSSR count). The molecule has 0 radical (unpaired) electrons. The van der Waals surface area contributed by atoms with E-state index in [0.29, 0.717) is 16.6 Å². The highest BCUT2D eigenvalue weighted by Gasteiger charge is 2.45. The van der Waals surface area contributed by atoms with Crippen molar-refractivity contribution in [2.24, 2.45) is 28.6 Å². The molecule has 0 aromatic rings. The first kappa shape index (κ1) is 20.9. The highest BCUT2D eigenvalue weighted by molar-refractivity contribution is 5.92. The van der Waals surface area contributed by atoms with Crippen molar-refractivity contribution in [2.45, 2.75) is 111 Å². The molecule has 154 valence electrons. The maximum absolute atomic E-state index is 12.7. The number of hydrogen-bond donors (Lipinski definition) is 1. The first-order valence-corrected chi connectivity index (χ1v) is 11.9. The lowest BCUT2D eigenvalue weighted by Gasteiger charge is -2.51. The number of aliphatic hydroxyl groups excluding tert-OH is 1. The zero-order valence-corrected chi connectivity index (χ0v) is 18.1. The monoisotopic (exact) mass is 374 g/mol. The predicted molar refractivity (Wildman–Crippen MR) is 113 cm³/mol. The van der Waals surface area contributed by atoms with E-state index in [1.54, 1.807) is 6.08 Å². The summed E-state index contributed by atoms with van der Waals surface area (Å²) in [5, 5.41) is 10.3. The third-order valence-electron chi connectivity index (χ3n) is 8.70. The molecule has 0 bridgehead atoms. The van der Waals surface area contributed by atoms with E-state index in [2.05, 4.69) is 20.8 Å². The molecule has 3 saturated carbocycles. The van der Waals surface area contributed by atoms with Crippen molar-refractivity contribution in [1.82, 2.24) is 0 Å². The lowest BCUT2D eigenvalue weighted by Crippen LogP contribution is -2.39. The van der Waals surface area contributed by atoms with Gasteiger partial charge >= 0.3 is 0 Å². The van der Waals surface area contributed by atoms with E-state index in [0.717, 1.165) is 31.6 Å². The number of aliphatic hydroxyl groups is 1. The van der Waals surface area contributed by atoms with E-state index < -0.39 is 0 Å². The van der Waals surface area contributed by atoms with E-state index in [9.17, 15) is 9.90 Å². The highest BCUT2D eigenvalue weighted by Crippen LogP contribution is 2.58. The lowest BCUT2D eigenvalue weighted by molar-refractivity contribution is -0.120. The van der Waals surface area contributed by atoms with Gasteiger partial charge in [0.2, 0.25) is 0 Å². The zero-order chi connectivity index (χ0) is 19.5. The van der Waals surface area contributed by atoms with Crippen LogP contribution in [0.4, 0.5) is 0 Å². The van der Waals surface area contributed by atoms with Crippen LogP contribution in [0.15, 0.2) is 11.8 Å². The third kappa shape index (κ3) is 4.80. The van der Waals surface area contributed by atoms with Gasteiger partial charge in [-0.25, -0.2) is 0 Å². The SMILES string of the molecule is CCC(CC)/C(O)=C/C(=O)C1CCC2(CC1)CCC1(CCCC(C)C1)CC2. The molecule has 1 N–H and O–H groups in total. The molecule has 0 aromatic carbocycles. The number of hydrogen-bond acceptors (Lipinski definition) is 2. The second kappa shape index (κ2) is 8.70. The van der Waals surface area contributed by atoms with Gasteiger partial charge < -0.3 is 5.11 Å². The zero-order valence-electron chi connectivity index (χ0n) is 18.1. The van der Waals surface area contributed by atoms with Crippen LogP contribution in [0.25, 0.3) is 0 Å². The van der Waals surface area contributed by atoms with Crippen LogP contribution in [0.1, 0.15) is 111 Å². The van der Waals surface area contributed by atoms with Crippen LogP contribution in [0, 0.1) is 28.6 Å². The average molecular weight is 375 g/mol. The number of rotatable bonds is 5. The minimum atomic E-state index is 0.149. The lowest BCUT2D eigenvalue weighted by atomic mass is 9.54. The summed E-state index contributed by atoms with van der Waals surface area (Å²) in [6.45, 7) is 6.61. The molecule has 0 aromatic heterocycles. The van der Waals surface area contributed by atoms with Crippen LogP contribution in [-0.4, -0.2) is 10.9 Å². The van der Waals surface area contributed by atoms with Gasteiger partial charge in [-0.15, -0.1) is 0 Å². The summed E-state index contributed by atoms with van der Waals surface area (Å²) in [6.07, 6.45) is 19.4. The van der Waals surface area contributed by atoms with Gasteiger partial charge in [-0.3, -0.25) is 4.79 Å². The van der Waals surface area contributed by atoms with Crippen LogP contribution >= 0.6 is 0 Å². The maximum atomic E-state index is 12.7. The van der Waals surface area contributed by atoms with Gasteiger partial charge in [-0.1, -0.05) is 33.6 Å². The molecule has 3 aliphatic rings. The quantitative estimate of drug-likeness (QED) is 0.402. The Morgan fingerprint density at radius 3 is 2.11 bits per heavy atom. The van der Waals surface area contributed by atoms with E-state index in [1.807, 2.05) is 0 Å². The molecule has 3 fully saturated rings. The second-order valence-corrected chi connectivity index (χ2v) is 10.5. The number of ketones is 1. The van der Waals surface area contributed by atoms with Crippen molar-refractivity contribution < 1.29 is 9.90 Å². The molecule has 2 nitrogen and oxygen atoms in total. The van der Waals surface area contributed by atoms with Crippen LogP contribution < -0.4 is 0 Å². The number of carbonyl (C=O) groups is 1. The molecule has 0 amide bonds. The molecular formula is C25H42O2. The van der Waals surface area contributed by atoms with Crippen molar-refractivity contribution in [3.63, 3.8) is 0 Å². The van der Waals surface area contributed by atoms with E-state index in [-0.39, 0.29) is 17.6 Å². The molecule has 0 aliphatic heterocycles. The summed E-state index contributed by atoms with van der Waals surface area (Å²) in [5.41, 5.74) is 1.20. The Morgan fingerprint density at radius 2 is 1.56 bits per heavy atom. The predicted octanol–water partition coefficient (Wildman–Crippen LogP) is 7.38. The summed E-state index contributed by atoms with van der Waals surface area (Å²) in [4.78, 5) is 12.7. The van der Waals surface area contributed by atoms with Gasteiger partial charge in [0.1, 0.15) is 0 Å². The highest BCUT2D eigenvalue weighted by atomic mass is 16.3. The molecule has 0 saturated heterocycles. The van der Waals surface area contributed by atoms with Gasteiger partial charge in [-0.05, 0) is 93.8 Å². The summed E-state index contributed by atoms with van der Waals surface area (Å²) >= 11 is 0. The fourth-order valence-corrected chi connectivity index (χ4v) is 6.64. The van der Waals surface area contributed by atoms with Gasteiger partial charge in [-0.2, -0.15) is 0 Å². The van der Waals surface area contributed by atoms with E-state index >= 15 is 0 Å². The van der Waals surface area contributed by atoms with Gasteiger partial charge in [0, 0.05) is 17.9 Å². The first-order valence-electron chi connectivity index (χ1n) is 11.9. The molecule has 1 unspecified atom stereocenters. The van der Waals surface area contributed by atoms with Crippen molar-refractivity contribution in [3.05, 3.63) is 11.8 Å². The van der Waals surface area contributed by atoms with Crippen molar-refractivity contribution in [3.8, 4) is 0 Å². The van der Waals surface area contributed by atoms with Crippen LogP contribution in [0.2, 0.25) is 0 Å². The Bertz CT molecular complexity index is 525. The Hall–Kier alpha value is -0.790. The molecule has 2 spiro atoms. The van der Waals surface area contributed by atoms with Crippen molar-refractivity contribution >= 4 is 5.78 Å². The second-order valence-electron chi connectivity index (χ2n) is 10.5. The topological polar surface area (TPSA) is 37.3 Å². The largest absolute Gasteiger partial charge is 0.512 e. The van der Waals surface area contributed by atoms with Gasteiger partial charge in [0.05, 0.1) is 5.76 Å². The molecule has 27 heavy (non-hydrogen) atoms. The number of allylic oxidation sites excluding steroid dienone is 2. The minimum absolute atomic E-state index is 0.149. The molecular weight excluding hydrogens is 332 g/mol. The third-order valence-corrected chi connectivity index (χ3v) is 8.70. The Kier molecular flexibility index (Phi) is 6.75. The Morgan fingerprint density at radius 1 is 0.963 bits per heavy atom. The summed E-state index contributed by atoms with van der Waals surface area (Å²) in [6, 6.07) is 0. The smallest absolute Gasteiger partial charge is 0.162 e. The van der Waals surface area contributed by atoms with Crippen molar-refractivity contribution in [1.29, 1.82) is 0 Å². The van der Waals surface area contributed by atoms with Gasteiger partial charge in [0.25, 0.3) is 0 Å². The van der Waals surface area contributed by atoms with Crippen LogP contribution in [-0.2, 0) is 4.79 Å². The van der Waals surface area contributed by atoms with E-state index in [4.69, 9.17) is 0 Å². The van der Waals surface area contributed by atoms with Gasteiger partial charge in [0.15, 0.2) is 5.78 Å². The number of carbonyl (C=O) groups excluding carboxylic acids is 1. The van der Waals surface area contributed by atoms with Crippen molar-refractivity contribution in [2.75, 3.05) is 0 Å². The van der Waals surface area contributed by atoms with Crippen LogP contribution in [0.5, 0.6) is 0 Å². The first-order chi connectivity index (χ1) is 12.9. The Labute approximate surface area is 167 Å². The summed E-state index contributed by atoms with van der Waals surface area (Å²) in [7, 11) is 0. The molecule has 1 atom stereocenters. The maximum Gasteiger partial charge on any atom is 0.162 e. The summed E-state index contributed by atoms with van der Waals surface area (Å²) in [5.74, 6) is 1.73. The molecule has 0 heterocycles. The molecule has 3 aliphatic carbocycles. The average Bonchev–Trinajstić information content (AvgIpc) is 2.66. The standard InChI is InChI=1S/C25H42O2/c1-4-20(5-2)22(26)17-23(27)21-8-11-24(12-9-21)13-15-25(16-14-24)10-6-7-19(3)18-25/h17,19-21,26H,4-16,18H2,1-3H3/b22-17-. The molecule has 2 heteroatoms. The minimum Gasteiger partial charge on any atom is -0.512 e. The van der Waals surface area contributed by atoms with E-state index in [1.165, 1.54) is 64.2 Å². The Balaban J connectivity index is 1.52. The normalized spacial score (nSPS) is 37.9. The summed E-state index contributed by atoms with van der Waals surface area (Å²) < 4.78 is 0.